The molecule has 3 rings (SSSR count). The largest absolute Gasteiger partial charge is 0.506 e. The second kappa shape index (κ2) is 6.11. The van der Waals surface area contributed by atoms with Crippen molar-refractivity contribution in [3.05, 3.63) is 29.3 Å². The lowest BCUT2D eigenvalue weighted by molar-refractivity contribution is -0.124. The van der Waals surface area contributed by atoms with E-state index in [4.69, 9.17) is 0 Å². The maximum atomic E-state index is 12.2. The van der Waals surface area contributed by atoms with Gasteiger partial charge in [-0.25, -0.2) is 8.42 Å². The Kier molecular flexibility index (Phi) is 4.24. The van der Waals surface area contributed by atoms with Gasteiger partial charge >= 0.3 is 0 Å². The van der Waals surface area contributed by atoms with Crippen LogP contribution in [0.2, 0.25) is 0 Å². The fraction of sp³-hybridized carbons (Fsp3) is 0.353. The van der Waals surface area contributed by atoms with Crippen LogP contribution in [0.1, 0.15) is 31.7 Å². The molecule has 0 aromatic heterocycles. The molecule has 0 radical (unpaired) electrons. The SMILES string of the molecule is CCN1C(=O)CS(=O)(=O)c2ccc(C(O)=C3C(=O)CCCC3=O)cc21. The highest BCUT2D eigenvalue weighted by Crippen LogP contribution is 2.34. The molecule has 0 saturated heterocycles. The van der Waals surface area contributed by atoms with Crippen molar-refractivity contribution in [2.75, 3.05) is 17.2 Å². The molecule has 2 aliphatic rings. The van der Waals surface area contributed by atoms with Gasteiger partial charge in [0.15, 0.2) is 21.4 Å². The molecule has 1 saturated carbocycles. The van der Waals surface area contributed by atoms with E-state index in [1.165, 1.54) is 23.1 Å². The fourth-order valence-electron chi connectivity index (χ4n) is 3.16. The first-order chi connectivity index (χ1) is 11.8. The summed E-state index contributed by atoms with van der Waals surface area (Å²) in [6.07, 6.45) is 0.822. The first kappa shape index (κ1) is 17.3. The maximum Gasteiger partial charge on any atom is 0.242 e. The van der Waals surface area contributed by atoms with Gasteiger partial charge in [-0.05, 0) is 31.5 Å². The number of hydrogen-bond donors (Lipinski definition) is 1. The lowest BCUT2D eigenvalue weighted by atomic mass is 9.89. The van der Waals surface area contributed by atoms with Crippen molar-refractivity contribution < 1.29 is 27.9 Å². The van der Waals surface area contributed by atoms with E-state index >= 15 is 0 Å². The number of amides is 1. The number of allylic oxidation sites excluding steroid dienone is 1. The number of carbonyl (C=O) groups excluding carboxylic acids is 3. The van der Waals surface area contributed by atoms with E-state index in [1.807, 2.05) is 0 Å². The second-order valence-electron chi connectivity index (χ2n) is 6.00. The third-order valence-corrected chi connectivity index (χ3v) is 6.03. The van der Waals surface area contributed by atoms with Crippen LogP contribution in [0.3, 0.4) is 0 Å². The lowest BCUT2D eigenvalue weighted by Gasteiger charge is -2.28. The highest BCUT2D eigenvalue weighted by molar-refractivity contribution is 7.92. The zero-order chi connectivity index (χ0) is 18.4. The fourth-order valence-corrected chi connectivity index (χ4v) is 4.56. The summed E-state index contributed by atoms with van der Waals surface area (Å²) in [6, 6.07) is 3.98. The first-order valence-corrected chi connectivity index (χ1v) is 9.58. The van der Waals surface area contributed by atoms with E-state index in [-0.39, 0.29) is 41.1 Å². The zero-order valence-electron chi connectivity index (χ0n) is 13.6. The molecular weight excluding hydrogens is 346 g/mol. The predicted molar refractivity (Wildman–Crippen MR) is 89.9 cm³/mol. The maximum absolute atomic E-state index is 12.2. The Morgan fingerprint density at radius 2 is 1.80 bits per heavy atom. The molecule has 1 aliphatic carbocycles. The molecule has 8 heteroatoms. The quantitative estimate of drug-likeness (QED) is 0.483. The van der Waals surface area contributed by atoms with Crippen molar-refractivity contribution in [1.82, 2.24) is 0 Å². The van der Waals surface area contributed by atoms with Gasteiger partial charge in [0.1, 0.15) is 17.1 Å². The molecule has 25 heavy (non-hydrogen) atoms. The Labute approximate surface area is 144 Å². The number of hydrogen-bond acceptors (Lipinski definition) is 6. The van der Waals surface area contributed by atoms with Crippen LogP contribution < -0.4 is 4.90 Å². The Bertz CT molecular complexity index is 910. The summed E-state index contributed by atoms with van der Waals surface area (Å²) in [4.78, 5) is 37.3. The molecule has 1 fully saturated rings. The average molecular weight is 363 g/mol. The van der Waals surface area contributed by atoms with E-state index in [0.717, 1.165) is 0 Å². The monoisotopic (exact) mass is 363 g/mol. The topological polar surface area (TPSA) is 109 Å². The van der Waals surface area contributed by atoms with Gasteiger partial charge in [-0.15, -0.1) is 0 Å². The number of Topliss-reactive ketones (excluding diaryl/α,β-unsaturated/α-hetero) is 2. The minimum Gasteiger partial charge on any atom is -0.506 e. The van der Waals surface area contributed by atoms with Crippen LogP contribution in [-0.2, 0) is 24.2 Å². The van der Waals surface area contributed by atoms with Crippen LogP contribution in [0.4, 0.5) is 5.69 Å². The number of fused-ring (bicyclic) bond motifs is 1. The normalized spacial score (nSPS) is 19.8. The van der Waals surface area contributed by atoms with Gasteiger partial charge < -0.3 is 10.0 Å². The van der Waals surface area contributed by atoms with E-state index < -0.39 is 38.8 Å². The molecule has 1 aromatic rings. The van der Waals surface area contributed by atoms with E-state index in [2.05, 4.69) is 0 Å². The van der Waals surface area contributed by atoms with Crippen LogP contribution >= 0.6 is 0 Å². The van der Waals surface area contributed by atoms with Crippen molar-refractivity contribution in [1.29, 1.82) is 0 Å². The van der Waals surface area contributed by atoms with Gasteiger partial charge in [-0.3, -0.25) is 14.4 Å². The van der Waals surface area contributed by atoms with Crippen LogP contribution in [0.25, 0.3) is 5.76 Å². The molecule has 1 aliphatic heterocycles. The molecule has 132 valence electrons. The van der Waals surface area contributed by atoms with Crippen molar-refractivity contribution >= 4 is 38.8 Å². The van der Waals surface area contributed by atoms with Crippen molar-refractivity contribution in [2.45, 2.75) is 31.1 Å². The van der Waals surface area contributed by atoms with Crippen LogP contribution in [0.5, 0.6) is 0 Å². The van der Waals surface area contributed by atoms with Crippen LogP contribution in [0.15, 0.2) is 28.7 Å². The Morgan fingerprint density at radius 1 is 1.16 bits per heavy atom. The predicted octanol–water partition coefficient (Wildman–Crippen LogP) is 1.42. The molecule has 0 bridgehead atoms. The third-order valence-electron chi connectivity index (χ3n) is 4.39. The molecule has 1 amide bonds. The Morgan fingerprint density at radius 3 is 2.40 bits per heavy atom. The van der Waals surface area contributed by atoms with E-state index in [0.29, 0.717) is 6.42 Å². The average Bonchev–Trinajstić information content (AvgIpc) is 2.53. The molecule has 0 spiro atoms. The smallest absolute Gasteiger partial charge is 0.242 e. The zero-order valence-corrected chi connectivity index (χ0v) is 14.4. The highest BCUT2D eigenvalue weighted by atomic mass is 32.2. The summed E-state index contributed by atoms with van der Waals surface area (Å²) in [5, 5.41) is 10.4. The number of sulfone groups is 1. The van der Waals surface area contributed by atoms with Gasteiger partial charge in [0.2, 0.25) is 5.91 Å². The Balaban J connectivity index is 2.18. The number of carbonyl (C=O) groups is 3. The van der Waals surface area contributed by atoms with Crippen molar-refractivity contribution in [3.63, 3.8) is 0 Å². The standard InChI is InChI=1S/C17H17NO6S/c1-2-18-11-8-10(6-7-14(11)25(23,24)9-15(18)21)17(22)16-12(19)4-3-5-13(16)20/h6-8,22H,2-5,9H2,1H3. The number of aliphatic hydroxyl groups is 1. The van der Waals surface area contributed by atoms with Gasteiger partial charge in [-0.1, -0.05) is 0 Å². The van der Waals surface area contributed by atoms with Gasteiger partial charge in [-0.2, -0.15) is 0 Å². The molecule has 1 heterocycles. The number of rotatable bonds is 2. The minimum absolute atomic E-state index is 0.00297. The highest BCUT2D eigenvalue weighted by Gasteiger charge is 2.35. The van der Waals surface area contributed by atoms with Crippen molar-refractivity contribution in [3.8, 4) is 0 Å². The summed E-state index contributed by atoms with van der Waals surface area (Å²) in [5.41, 5.74) is 0.0408. The molecule has 0 atom stereocenters. The Hall–Kier alpha value is -2.48. The molecule has 0 unspecified atom stereocenters. The number of nitrogens with zero attached hydrogens (tertiary/aromatic N) is 1. The summed E-state index contributed by atoms with van der Waals surface area (Å²) in [5.74, 6) is -2.48. The molecular formula is C17H17NO6S. The minimum atomic E-state index is -3.75. The molecule has 1 N–H and O–H groups in total. The summed E-state index contributed by atoms with van der Waals surface area (Å²) in [7, 11) is -3.75. The van der Waals surface area contributed by atoms with Crippen molar-refractivity contribution in [2.24, 2.45) is 0 Å². The summed E-state index contributed by atoms with van der Waals surface area (Å²) in [6.45, 7) is 1.97. The third kappa shape index (κ3) is 2.86. The number of anilines is 1. The molecule has 1 aromatic carbocycles. The van der Waals surface area contributed by atoms with Gasteiger partial charge in [0, 0.05) is 24.9 Å². The first-order valence-electron chi connectivity index (χ1n) is 7.93. The van der Waals surface area contributed by atoms with Crippen LogP contribution in [0, 0.1) is 0 Å². The van der Waals surface area contributed by atoms with E-state index in [1.54, 1.807) is 6.92 Å². The van der Waals surface area contributed by atoms with Gasteiger partial charge in [0.25, 0.3) is 0 Å². The number of aliphatic hydroxyl groups excluding tert-OH is 1. The lowest BCUT2D eigenvalue weighted by Crippen LogP contribution is -2.40. The summed E-state index contributed by atoms with van der Waals surface area (Å²) < 4.78 is 24.4. The number of benzene rings is 1. The van der Waals surface area contributed by atoms with Gasteiger partial charge in [0.05, 0.1) is 10.6 Å². The second-order valence-corrected chi connectivity index (χ2v) is 7.96. The number of ketones is 2. The van der Waals surface area contributed by atoms with E-state index in [9.17, 15) is 27.9 Å². The van der Waals surface area contributed by atoms with Crippen LogP contribution in [-0.4, -0.2) is 43.3 Å². The molecule has 7 nitrogen and oxygen atoms in total. The summed E-state index contributed by atoms with van der Waals surface area (Å²) >= 11 is 0.